The topological polar surface area (TPSA) is 83.3 Å². The number of ether oxygens (including phenoxy) is 1. The normalized spacial score (nSPS) is 18.1. The van der Waals surface area contributed by atoms with Gasteiger partial charge in [0.1, 0.15) is 0 Å². The zero-order valence-corrected chi connectivity index (χ0v) is 18.6. The molecule has 1 aliphatic rings. The fourth-order valence-corrected chi connectivity index (χ4v) is 5.41. The molecule has 1 aliphatic carbocycles. The lowest BCUT2D eigenvalue weighted by atomic mass is 9.79. The molecule has 0 saturated heterocycles. The first kappa shape index (κ1) is 22.0. The predicted molar refractivity (Wildman–Crippen MR) is 124 cm³/mol. The maximum atomic E-state index is 13.0. The molecule has 1 saturated carbocycles. The number of amides is 1. The summed E-state index contributed by atoms with van der Waals surface area (Å²) in [5, 5.41) is 9.92. The maximum Gasteiger partial charge on any atom is 0.310 e. The van der Waals surface area contributed by atoms with E-state index in [2.05, 4.69) is 6.07 Å². The van der Waals surface area contributed by atoms with Crippen molar-refractivity contribution in [2.75, 3.05) is 18.1 Å². The molecule has 3 aromatic rings. The maximum absolute atomic E-state index is 13.0. The van der Waals surface area contributed by atoms with Crippen molar-refractivity contribution >= 4 is 39.1 Å². The third-order valence-corrected chi connectivity index (χ3v) is 7.02. The van der Waals surface area contributed by atoms with Gasteiger partial charge >= 0.3 is 5.97 Å². The van der Waals surface area contributed by atoms with Crippen molar-refractivity contribution in [1.82, 2.24) is 4.98 Å². The number of rotatable bonds is 7. The molecule has 0 spiro atoms. The summed E-state index contributed by atoms with van der Waals surface area (Å²) in [6.45, 7) is -0.0725. The standard InChI is InChI=1S/C25H25N3O3S/c26-15-8-16-28(18-9-2-1-3-10-18)23(29)17-31-25(30)20-12-5-4-11-19(20)24-27-21-13-6-7-14-22(21)32-24/h1-3,6-7,9-10,13-14,19-20H,4-5,8,11-12,16-17H2. The highest BCUT2D eigenvalue weighted by atomic mass is 32.1. The van der Waals surface area contributed by atoms with Crippen molar-refractivity contribution in [3.8, 4) is 6.07 Å². The lowest BCUT2D eigenvalue weighted by Crippen LogP contribution is -2.37. The highest BCUT2D eigenvalue weighted by molar-refractivity contribution is 7.18. The Morgan fingerprint density at radius 1 is 1.09 bits per heavy atom. The number of carbonyl (C=O) groups excluding carboxylic acids is 2. The number of benzene rings is 2. The zero-order valence-electron chi connectivity index (χ0n) is 17.8. The first-order valence-corrected chi connectivity index (χ1v) is 11.7. The summed E-state index contributed by atoms with van der Waals surface area (Å²) < 4.78 is 6.63. The number of para-hydroxylation sites is 2. The van der Waals surface area contributed by atoms with E-state index in [1.165, 1.54) is 4.90 Å². The summed E-state index contributed by atoms with van der Waals surface area (Å²) in [7, 11) is 0. The van der Waals surface area contributed by atoms with Crippen LogP contribution in [0.15, 0.2) is 54.6 Å². The van der Waals surface area contributed by atoms with Gasteiger partial charge in [0.25, 0.3) is 5.91 Å². The van der Waals surface area contributed by atoms with Crippen molar-refractivity contribution < 1.29 is 14.3 Å². The zero-order chi connectivity index (χ0) is 22.3. The molecule has 0 radical (unpaired) electrons. The van der Waals surface area contributed by atoms with Gasteiger partial charge in [-0.2, -0.15) is 5.26 Å². The van der Waals surface area contributed by atoms with Gasteiger partial charge in [0.05, 0.1) is 33.6 Å². The van der Waals surface area contributed by atoms with Crippen LogP contribution >= 0.6 is 11.3 Å². The first-order chi connectivity index (χ1) is 15.7. The van der Waals surface area contributed by atoms with Crippen LogP contribution in [-0.4, -0.2) is 30.0 Å². The van der Waals surface area contributed by atoms with Gasteiger partial charge in [0.2, 0.25) is 0 Å². The molecule has 0 N–H and O–H groups in total. The number of carbonyl (C=O) groups is 2. The summed E-state index contributed by atoms with van der Waals surface area (Å²) in [6, 6.07) is 19.2. The van der Waals surface area contributed by atoms with E-state index in [9.17, 15) is 9.59 Å². The predicted octanol–water partition coefficient (Wildman–Crippen LogP) is 5.06. The number of fused-ring (bicyclic) bond motifs is 1. The summed E-state index contributed by atoms with van der Waals surface area (Å²) in [5.74, 6) is -0.934. The van der Waals surface area contributed by atoms with Crippen LogP contribution in [0, 0.1) is 17.2 Å². The van der Waals surface area contributed by atoms with E-state index in [1.54, 1.807) is 23.5 Å². The molecule has 0 aliphatic heterocycles. The molecule has 4 rings (SSSR count). The number of esters is 1. The first-order valence-electron chi connectivity index (χ1n) is 10.9. The summed E-state index contributed by atoms with van der Waals surface area (Å²) in [5.41, 5.74) is 1.64. The molecule has 1 aromatic heterocycles. The Balaban J connectivity index is 1.44. The number of aromatic nitrogens is 1. The number of nitrogens with zero attached hydrogens (tertiary/aromatic N) is 3. The molecule has 2 atom stereocenters. The highest BCUT2D eigenvalue weighted by Crippen LogP contribution is 2.41. The highest BCUT2D eigenvalue weighted by Gasteiger charge is 2.35. The van der Waals surface area contributed by atoms with Crippen molar-refractivity contribution in [2.24, 2.45) is 5.92 Å². The van der Waals surface area contributed by atoms with E-state index in [0.29, 0.717) is 5.69 Å². The van der Waals surface area contributed by atoms with E-state index in [-0.39, 0.29) is 43.3 Å². The fourth-order valence-electron chi connectivity index (χ4n) is 4.24. The van der Waals surface area contributed by atoms with Crippen molar-refractivity contribution in [2.45, 2.75) is 38.0 Å². The molecule has 32 heavy (non-hydrogen) atoms. The Kier molecular flexibility index (Phi) is 7.13. The van der Waals surface area contributed by atoms with Crippen molar-refractivity contribution in [1.29, 1.82) is 5.26 Å². The van der Waals surface area contributed by atoms with E-state index in [4.69, 9.17) is 15.0 Å². The molecule has 1 fully saturated rings. The average Bonchev–Trinajstić information content (AvgIpc) is 3.28. The van der Waals surface area contributed by atoms with Crippen molar-refractivity contribution in [3.63, 3.8) is 0 Å². The van der Waals surface area contributed by atoms with Gasteiger partial charge in [-0.05, 0) is 37.1 Å². The van der Waals surface area contributed by atoms with Gasteiger partial charge in [0, 0.05) is 18.2 Å². The van der Waals surface area contributed by atoms with Gasteiger partial charge in [0.15, 0.2) is 6.61 Å². The van der Waals surface area contributed by atoms with Gasteiger partial charge < -0.3 is 9.64 Å². The van der Waals surface area contributed by atoms with Crippen LogP contribution < -0.4 is 4.90 Å². The minimum atomic E-state index is -0.337. The Hall–Kier alpha value is -3.24. The van der Waals surface area contributed by atoms with E-state index < -0.39 is 0 Å². The lowest BCUT2D eigenvalue weighted by molar-refractivity contribution is -0.153. The molecule has 0 bridgehead atoms. The van der Waals surface area contributed by atoms with Crippen LogP contribution in [0.25, 0.3) is 10.2 Å². The largest absolute Gasteiger partial charge is 0.455 e. The number of thiazole rings is 1. The van der Waals surface area contributed by atoms with E-state index in [0.717, 1.165) is 40.9 Å². The van der Waals surface area contributed by atoms with Crippen molar-refractivity contribution in [3.05, 3.63) is 59.6 Å². The van der Waals surface area contributed by atoms with Gasteiger partial charge in [-0.15, -0.1) is 11.3 Å². The second-order valence-electron chi connectivity index (χ2n) is 7.91. The molecular weight excluding hydrogens is 422 g/mol. The van der Waals surface area contributed by atoms with Crippen LogP contribution in [0.1, 0.15) is 43.0 Å². The quantitative estimate of drug-likeness (QED) is 0.473. The van der Waals surface area contributed by atoms with Crippen LogP contribution in [0.3, 0.4) is 0 Å². The minimum Gasteiger partial charge on any atom is -0.455 e. The van der Waals surface area contributed by atoms with Crippen LogP contribution in [-0.2, 0) is 14.3 Å². The molecule has 1 amide bonds. The van der Waals surface area contributed by atoms with E-state index in [1.807, 2.05) is 42.5 Å². The smallest absolute Gasteiger partial charge is 0.310 e. The summed E-state index contributed by atoms with van der Waals surface area (Å²) in [4.78, 5) is 32.1. The van der Waals surface area contributed by atoms with E-state index >= 15 is 0 Å². The number of anilines is 1. The third kappa shape index (κ3) is 4.97. The molecule has 6 nitrogen and oxygen atoms in total. The Labute approximate surface area is 191 Å². The summed E-state index contributed by atoms with van der Waals surface area (Å²) >= 11 is 1.64. The molecular formula is C25H25N3O3S. The SMILES string of the molecule is N#CCCN(C(=O)COC(=O)C1CCCCC1c1nc2ccccc2s1)c1ccccc1. The van der Waals surface area contributed by atoms with Gasteiger partial charge in [-0.3, -0.25) is 9.59 Å². The number of nitriles is 1. The van der Waals surface area contributed by atoms with Gasteiger partial charge in [-0.25, -0.2) is 4.98 Å². The number of hydrogen-bond acceptors (Lipinski definition) is 6. The molecule has 2 aromatic carbocycles. The monoisotopic (exact) mass is 447 g/mol. The molecule has 2 unspecified atom stereocenters. The Bertz CT molecular complexity index is 1090. The van der Waals surface area contributed by atoms with Crippen LogP contribution in [0.5, 0.6) is 0 Å². The molecule has 1 heterocycles. The number of hydrogen-bond donors (Lipinski definition) is 0. The third-order valence-electron chi connectivity index (χ3n) is 5.85. The fraction of sp³-hybridized carbons (Fsp3) is 0.360. The second kappa shape index (κ2) is 10.4. The lowest BCUT2D eigenvalue weighted by Gasteiger charge is -2.28. The van der Waals surface area contributed by atoms with Crippen LogP contribution in [0.2, 0.25) is 0 Å². The average molecular weight is 448 g/mol. The molecule has 7 heteroatoms. The Morgan fingerprint density at radius 2 is 1.84 bits per heavy atom. The van der Waals surface area contributed by atoms with Crippen LogP contribution in [0.4, 0.5) is 5.69 Å². The minimum absolute atomic E-state index is 0.0209. The molecule has 164 valence electrons. The summed E-state index contributed by atoms with van der Waals surface area (Å²) in [6.07, 6.45) is 3.86. The van der Waals surface area contributed by atoms with Gasteiger partial charge in [-0.1, -0.05) is 43.2 Å². The Morgan fingerprint density at radius 3 is 2.62 bits per heavy atom. The second-order valence-corrected chi connectivity index (χ2v) is 8.98.